The Hall–Kier alpha value is -6.71. The summed E-state index contributed by atoms with van der Waals surface area (Å²) in [5.41, 5.74) is 5.19. The van der Waals surface area contributed by atoms with Gasteiger partial charge in [0.15, 0.2) is 0 Å². The minimum absolute atomic E-state index is 0.0937. The molecule has 19 heteroatoms. The van der Waals surface area contributed by atoms with Gasteiger partial charge in [0.05, 0.1) is 42.1 Å². The first-order valence-electron chi connectivity index (χ1n) is 30.4. The second-order valence-corrected chi connectivity index (χ2v) is 25.9. The van der Waals surface area contributed by atoms with Crippen LogP contribution >= 0.6 is 22.7 Å². The third kappa shape index (κ3) is 15.5. The SMILES string of the molecule is Cc1csc(C2CCCN2C(=O)c2cccc(C(=O)N[C@@H](Cc3ccccc3)[C@H](O)C3NCCN(CC(C)CCc4csc([C@H]5CCCN5C(=O)c5cccc(C(=O)N[C@@H](Cc6ccccc6)[C@H](O)[C@H]6CN(CC(C)C)CCN6)c5)n4)C3=O)c2)n1. The maximum Gasteiger partial charge on any atom is 0.254 e. The molecule has 17 nitrogen and oxygen atoms in total. The monoisotopic (exact) mass is 1190 g/mol. The Morgan fingerprint density at radius 2 is 1.19 bits per heavy atom. The fourth-order valence-electron chi connectivity index (χ4n) is 12.6. The molecular formula is C66H82N10O7S2. The minimum atomic E-state index is -1.28. The highest BCUT2D eigenvalue weighted by Gasteiger charge is 2.40. The second kappa shape index (κ2) is 28.7. The molecule has 3 unspecified atom stereocenters. The Balaban J connectivity index is 0.738. The first-order chi connectivity index (χ1) is 41.1. The first kappa shape index (κ1) is 61.4. The van der Waals surface area contributed by atoms with Gasteiger partial charge in [0.2, 0.25) is 5.91 Å². The van der Waals surface area contributed by atoms with Crippen molar-refractivity contribution >= 4 is 52.2 Å². The van der Waals surface area contributed by atoms with Crippen molar-refractivity contribution in [3.8, 4) is 0 Å². The average molecular weight is 1190 g/mol. The van der Waals surface area contributed by atoms with Crippen LogP contribution in [0.5, 0.6) is 0 Å². The maximum atomic E-state index is 14.4. The van der Waals surface area contributed by atoms with Crippen molar-refractivity contribution in [3.63, 3.8) is 0 Å². The van der Waals surface area contributed by atoms with Gasteiger partial charge < -0.3 is 51.1 Å². The normalized spacial score (nSPS) is 21.2. The van der Waals surface area contributed by atoms with Gasteiger partial charge in [-0.25, -0.2) is 9.97 Å². The molecule has 85 heavy (non-hydrogen) atoms. The summed E-state index contributed by atoms with van der Waals surface area (Å²) in [5, 5.41) is 42.8. The predicted molar refractivity (Wildman–Crippen MR) is 332 cm³/mol. The fraction of sp³-hybridized carbons (Fsp3) is 0.470. The Kier molecular flexibility index (Phi) is 20.7. The van der Waals surface area contributed by atoms with E-state index in [9.17, 15) is 34.2 Å². The molecule has 9 atom stereocenters. The molecule has 0 bridgehead atoms. The topological polar surface area (TPSA) is 213 Å². The van der Waals surface area contributed by atoms with Gasteiger partial charge in [0.25, 0.3) is 23.6 Å². The van der Waals surface area contributed by atoms with E-state index in [0.717, 1.165) is 84.3 Å². The summed E-state index contributed by atoms with van der Waals surface area (Å²) >= 11 is 3.11. The number of hydrogen-bond donors (Lipinski definition) is 6. The molecule has 4 fully saturated rings. The Morgan fingerprint density at radius 3 is 1.75 bits per heavy atom. The number of nitrogens with one attached hydrogen (secondary N) is 4. The number of nitrogens with zero attached hydrogens (tertiary/aromatic N) is 6. The van der Waals surface area contributed by atoms with E-state index < -0.39 is 36.2 Å². The summed E-state index contributed by atoms with van der Waals surface area (Å²) in [6, 6.07) is 30.0. The lowest BCUT2D eigenvalue weighted by atomic mass is 9.93. The van der Waals surface area contributed by atoms with Gasteiger partial charge in [-0.2, -0.15) is 0 Å². The summed E-state index contributed by atoms with van der Waals surface area (Å²) < 4.78 is 0. The molecule has 0 spiro atoms. The molecule has 6 N–H and O–H groups in total. The number of rotatable bonds is 23. The van der Waals surface area contributed by atoms with E-state index in [0.29, 0.717) is 74.7 Å². The van der Waals surface area contributed by atoms with Crippen LogP contribution in [0.2, 0.25) is 0 Å². The van der Waals surface area contributed by atoms with E-state index in [4.69, 9.17) is 4.98 Å². The maximum absolute atomic E-state index is 14.4. The van der Waals surface area contributed by atoms with Crippen molar-refractivity contribution in [1.82, 2.24) is 50.8 Å². The molecule has 450 valence electrons. The number of aryl methyl sites for hydroxylation is 2. The predicted octanol–water partition coefficient (Wildman–Crippen LogP) is 7.27. The average Bonchev–Trinajstić information content (AvgIpc) is 3.61. The fourth-order valence-corrected chi connectivity index (χ4v) is 14.6. The van der Waals surface area contributed by atoms with Gasteiger partial charge >= 0.3 is 0 Å². The molecule has 4 aliphatic rings. The third-order valence-electron chi connectivity index (χ3n) is 17.0. The van der Waals surface area contributed by atoms with E-state index in [1.54, 1.807) is 76.1 Å². The van der Waals surface area contributed by atoms with Crippen molar-refractivity contribution in [2.45, 2.75) is 128 Å². The highest BCUT2D eigenvalue weighted by molar-refractivity contribution is 7.10. The second-order valence-electron chi connectivity index (χ2n) is 24.1. The summed E-state index contributed by atoms with van der Waals surface area (Å²) in [7, 11) is 0. The third-order valence-corrected chi connectivity index (χ3v) is 19.1. The molecule has 6 aromatic rings. The van der Waals surface area contributed by atoms with Gasteiger partial charge in [0.1, 0.15) is 16.1 Å². The largest absolute Gasteiger partial charge is 0.389 e. The number of amides is 5. The van der Waals surface area contributed by atoms with Gasteiger partial charge in [-0.15, -0.1) is 22.7 Å². The van der Waals surface area contributed by atoms with Crippen LogP contribution < -0.4 is 21.3 Å². The Labute approximate surface area is 507 Å². The van der Waals surface area contributed by atoms with Crippen LogP contribution in [0.25, 0.3) is 0 Å². The van der Waals surface area contributed by atoms with Crippen molar-refractivity contribution in [2.24, 2.45) is 11.8 Å². The molecule has 0 aliphatic carbocycles. The lowest BCUT2D eigenvalue weighted by molar-refractivity contribution is -0.140. The van der Waals surface area contributed by atoms with Crippen LogP contribution in [-0.2, 0) is 24.1 Å². The molecule has 0 saturated carbocycles. The number of hydrogen-bond acceptors (Lipinski definition) is 14. The number of likely N-dealkylation sites (tertiary alicyclic amines) is 2. The van der Waals surface area contributed by atoms with E-state index >= 15 is 0 Å². The van der Waals surface area contributed by atoms with Crippen molar-refractivity contribution in [2.75, 3.05) is 58.9 Å². The van der Waals surface area contributed by atoms with Gasteiger partial charge in [0, 0.05) is 104 Å². The van der Waals surface area contributed by atoms with E-state index in [2.05, 4.69) is 57.3 Å². The van der Waals surface area contributed by atoms with Crippen LogP contribution in [0.15, 0.2) is 120 Å². The smallest absolute Gasteiger partial charge is 0.254 e. The minimum Gasteiger partial charge on any atom is -0.389 e. The number of aromatic nitrogens is 2. The number of carbonyl (C=O) groups is 5. The molecule has 4 saturated heterocycles. The van der Waals surface area contributed by atoms with Gasteiger partial charge in [-0.3, -0.25) is 24.0 Å². The number of piperazine rings is 2. The number of carbonyl (C=O) groups excluding carboxylic acids is 5. The van der Waals surface area contributed by atoms with Crippen molar-refractivity contribution < 1.29 is 34.2 Å². The first-order valence-corrected chi connectivity index (χ1v) is 32.1. The molecule has 0 radical (unpaired) electrons. The van der Waals surface area contributed by atoms with Crippen molar-refractivity contribution in [1.29, 1.82) is 0 Å². The van der Waals surface area contributed by atoms with Crippen LogP contribution in [0.1, 0.15) is 139 Å². The van der Waals surface area contributed by atoms with Crippen molar-refractivity contribution in [3.05, 3.63) is 175 Å². The molecule has 2 aromatic heterocycles. The standard InChI is InChI=1S/C66H82N10O7S2/c1-42(2)37-73-31-27-67-54(39-73)58(77)52(33-45-15-7-5-8-16-45)71-60(79)47-19-11-22-50(35-47)65(82)76-30-14-24-56(76)63-70-51(41-85-63)26-25-43(3)38-74-32-28-68-57(66(74)83)59(78)53(34-46-17-9-6-10-18-46)72-61(80)48-20-12-21-49(36-48)64(81)75-29-13-23-55(75)62-69-44(4)40-84-62/h5-12,15-22,35-36,40-43,52-59,67-68,77-78H,13-14,23-34,37-39H2,1-4H3,(H,71,79)(H,72,80)/t43?,52-,53-,54+,55?,56+,57?,58-,59-/m0/s1. The highest BCUT2D eigenvalue weighted by atomic mass is 32.1. The molecular weight excluding hydrogens is 1110 g/mol. The van der Waals surface area contributed by atoms with Crippen LogP contribution in [-0.4, -0.2) is 165 Å². The number of benzene rings is 4. The molecule has 4 aliphatic heterocycles. The zero-order chi connectivity index (χ0) is 59.6. The quantitative estimate of drug-likeness (QED) is 0.0374. The number of thiazole rings is 2. The van der Waals surface area contributed by atoms with E-state index in [-0.39, 0.29) is 59.7 Å². The molecule has 5 amide bonds. The summed E-state index contributed by atoms with van der Waals surface area (Å²) in [4.78, 5) is 88.5. The molecule has 4 aromatic carbocycles. The van der Waals surface area contributed by atoms with Gasteiger partial charge in [-0.05, 0) is 118 Å². The summed E-state index contributed by atoms with van der Waals surface area (Å²) in [5.74, 6) is -0.776. The molecule has 6 heterocycles. The van der Waals surface area contributed by atoms with Crippen LogP contribution in [0, 0.1) is 18.8 Å². The number of aliphatic hydroxyl groups excluding tert-OH is 2. The zero-order valence-electron chi connectivity index (χ0n) is 49.3. The summed E-state index contributed by atoms with van der Waals surface area (Å²) in [6.45, 7) is 14.3. The Bertz CT molecular complexity index is 3230. The zero-order valence-corrected chi connectivity index (χ0v) is 50.9. The van der Waals surface area contributed by atoms with Crippen LogP contribution in [0.4, 0.5) is 0 Å². The lowest BCUT2D eigenvalue weighted by Crippen LogP contribution is -2.64. The Morgan fingerprint density at radius 1 is 0.647 bits per heavy atom. The van der Waals surface area contributed by atoms with Gasteiger partial charge in [-0.1, -0.05) is 93.6 Å². The van der Waals surface area contributed by atoms with E-state index in [1.165, 1.54) is 0 Å². The summed E-state index contributed by atoms with van der Waals surface area (Å²) in [6.07, 6.45) is 3.30. The molecule has 10 rings (SSSR count). The number of aliphatic hydroxyl groups is 2. The lowest BCUT2D eigenvalue weighted by Gasteiger charge is -2.39. The highest BCUT2D eigenvalue weighted by Crippen LogP contribution is 2.37. The van der Waals surface area contributed by atoms with Crippen LogP contribution in [0.3, 0.4) is 0 Å². The van der Waals surface area contributed by atoms with E-state index in [1.807, 2.05) is 82.8 Å².